The van der Waals surface area contributed by atoms with Gasteiger partial charge >= 0.3 is 0 Å². The summed E-state index contributed by atoms with van der Waals surface area (Å²) in [5, 5.41) is 7.77. The summed E-state index contributed by atoms with van der Waals surface area (Å²) in [6, 6.07) is 56.1. The number of rotatable bonds is 4. The Hall–Kier alpha value is -5.92. The first-order chi connectivity index (χ1) is 24.0. The number of fused-ring (bicyclic) bond motifs is 5. The van der Waals surface area contributed by atoms with Crippen LogP contribution in [0.3, 0.4) is 0 Å². The SMILES string of the molecule is Cc1cc2c(-c3ccccc3)c3cc(C)c(C)cc3c(-c3ccc(-c4ccc5c(c4)c4ccccc4n5-c4ccccc4)cc3)c2cc1C. The van der Waals surface area contributed by atoms with E-state index in [1.54, 1.807) is 0 Å². The first kappa shape index (κ1) is 29.2. The van der Waals surface area contributed by atoms with Crippen molar-refractivity contribution in [3.8, 4) is 39.1 Å². The van der Waals surface area contributed by atoms with Crippen LogP contribution in [0.4, 0.5) is 0 Å². The normalized spacial score (nSPS) is 11.7. The number of hydrogen-bond acceptors (Lipinski definition) is 0. The Bertz CT molecular complexity index is 2640. The number of aryl methyl sites for hydroxylation is 4. The highest BCUT2D eigenvalue weighted by Crippen LogP contribution is 2.45. The van der Waals surface area contributed by atoms with Crippen LogP contribution in [0.5, 0.6) is 0 Å². The first-order valence-corrected chi connectivity index (χ1v) is 17.2. The molecule has 1 heteroatoms. The zero-order valence-corrected chi connectivity index (χ0v) is 28.4. The van der Waals surface area contributed by atoms with Crippen molar-refractivity contribution >= 4 is 43.4 Å². The summed E-state index contributed by atoms with van der Waals surface area (Å²) >= 11 is 0. The molecule has 9 rings (SSSR count). The molecule has 0 unspecified atom stereocenters. The molecule has 1 heterocycles. The van der Waals surface area contributed by atoms with E-state index >= 15 is 0 Å². The monoisotopic (exact) mass is 627 g/mol. The second-order valence-corrected chi connectivity index (χ2v) is 13.6. The van der Waals surface area contributed by atoms with Crippen molar-refractivity contribution in [3.63, 3.8) is 0 Å². The van der Waals surface area contributed by atoms with Gasteiger partial charge in [-0.15, -0.1) is 0 Å². The zero-order chi connectivity index (χ0) is 33.2. The van der Waals surface area contributed by atoms with Crippen molar-refractivity contribution < 1.29 is 0 Å². The molecule has 0 saturated carbocycles. The van der Waals surface area contributed by atoms with Crippen LogP contribution in [0, 0.1) is 27.7 Å². The third kappa shape index (κ3) is 4.69. The van der Waals surface area contributed by atoms with Crippen LogP contribution in [-0.4, -0.2) is 4.57 Å². The summed E-state index contributed by atoms with van der Waals surface area (Å²) in [5.74, 6) is 0. The molecular weight excluding hydrogens is 591 g/mol. The molecule has 0 aliphatic carbocycles. The zero-order valence-electron chi connectivity index (χ0n) is 28.4. The predicted octanol–water partition coefficient (Wildman–Crippen LogP) is 13.3. The summed E-state index contributed by atoms with van der Waals surface area (Å²) in [5.41, 5.74) is 16.5. The van der Waals surface area contributed by atoms with E-state index in [9.17, 15) is 0 Å². The lowest BCUT2D eigenvalue weighted by Gasteiger charge is -2.20. The molecule has 0 bridgehead atoms. The standard InChI is InChI=1S/C48H37N/c1-30-25-41-43(27-32(30)3)48(44-28-33(4)31(2)26-42(44)47(41)35-13-7-5-8-14-35)36-21-19-34(20-22-36)37-23-24-46-40(29-37)39-17-11-12-18-45(39)49(46)38-15-9-6-10-16-38/h5-29H,1-4H3. The van der Waals surface area contributed by atoms with Crippen LogP contribution >= 0.6 is 0 Å². The third-order valence-corrected chi connectivity index (χ3v) is 10.6. The van der Waals surface area contributed by atoms with Crippen molar-refractivity contribution in [2.45, 2.75) is 27.7 Å². The Morgan fingerprint density at radius 3 is 1.31 bits per heavy atom. The van der Waals surface area contributed by atoms with Crippen LogP contribution in [0.15, 0.2) is 152 Å². The fourth-order valence-electron chi connectivity index (χ4n) is 7.81. The van der Waals surface area contributed by atoms with Crippen molar-refractivity contribution in [3.05, 3.63) is 174 Å². The number of para-hydroxylation sites is 2. The minimum absolute atomic E-state index is 1.18. The lowest BCUT2D eigenvalue weighted by Crippen LogP contribution is -1.95. The topological polar surface area (TPSA) is 4.93 Å². The fourth-order valence-corrected chi connectivity index (χ4v) is 7.81. The van der Waals surface area contributed by atoms with Crippen LogP contribution in [0.1, 0.15) is 22.3 Å². The summed E-state index contributed by atoms with van der Waals surface area (Å²) < 4.78 is 2.38. The quantitative estimate of drug-likeness (QED) is 0.171. The largest absolute Gasteiger partial charge is 0.309 e. The van der Waals surface area contributed by atoms with E-state index < -0.39 is 0 Å². The smallest absolute Gasteiger partial charge is 0.0541 e. The van der Waals surface area contributed by atoms with Crippen LogP contribution in [-0.2, 0) is 0 Å². The Labute approximate surface area is 287 Å². The molecule has 0 atom stereocenters. The summed E-state index contributed by atoms with van der Waals surface area (Å²) in [4.78, 5) is 0. The molecule has 0 saturated heterocycles. The molecule has 0 aliphatic rings. The molecule has 0 spiro atoms. The Balaban J connectivity index is 1.24. The van der Waals surface area contributed by atoms with Gasteiger partial charge in [-0.2, -0.15) is 0 Å². The van der Waals surface area contributed by atoms with Gasteiger partial charge in [0.2, 0.25) is 0 Å². The summed E-state index contributed by atoms with van der Waals surface area (Å²) in [7, 11) is 0. The van der Waals surface area contributed by atoms with Gasteiger partial charge in [-0.1, -0.05) is 121 Å². The highest BCUT2D eigenvalue weighted by Gasteiger charge is 2.19. The van der Waals surface area contributed by atoms with Gasteiger partial charge in [-0.25, -0.2) is 0 Å². The summed E-state index contributed by atoms with van der Waals surface area (Å²) in [6.07, 6.45) is 0. The van der Waals surface area contributed by atoms with Crippen molar-refractivity contribution in [1.29, 1.82) is 0 Å². The Morgan fingerprint density at radius 1 is 0.306 bits per heavy atom. The van der Waals surface area contributed by atoms with E-state index in [0.717, 1.165) is 0 Å². The molecule has 9 aromatic rings. The second-order valence-electron chi connectivity index (χ2n) is 13.6. The molecule has 0 N–H and O–H groups in total. The van der Waals surface area contributed by atoms with Gasteiger partial charge in [0.15, 0.2) is 0 Å². The number of aromatic nitrogens is 1. The Kier molecular flexibility index (Phi) is 6.78. The highest BCUT2D eigenvalue weighted by atomic mass is 15.0. The van der Waals surface area contributed by atoms with Gasteiger partial charge in [-0.05, 0) is 135 Å². The van der Waals surface area contributed by atoms with Gasteiger partial charge in [0.1, 0.15) is 0 Å². The molecule has 8 aromatic carbocycles. The first-order valence-electron chi connectivity index (χ1n) is 17.2. The number of nitrogens with zero attached hydrogens (tertiary/aromatic N) is 1. The van der Waals surface area contributed by atoms with E-state index in [4.69, 9.17) is 0 Å². The van der Waals surface area contributed by atoms with E-state index in [1.165, 1.54) is 105 Å². The lowest BCUT2D eigenvalue weighted by molar-refractivity contribution is 1.18. The van der Waals surface area contributed by atoms with Crippen molar-refractivity contribution in [1.82, 2.24) is 4.57 Å². The fraction of sp³-hybridized carbons (Fsp3) is 0.0833. The molecule has 0 aliphatic heterocycles. The van der Waals surface area contributed by atoms with E-state index in [2.05, 4.69) is 184 Å². The van der Waals surface area contributed by atoms with Crippen LogP contribution in [0.25, 0.3) is 82.4 Å². The molecule has 1 nitrogen and oxygen atoms in total. The predicted molar refractivity (Wildman–Crippen MR) is 211 cm³/mol. The maximum Gasteiger partial charge on any atom is 0.0541 e. The molecule has 234 valence electrons. The summed E-state index contributed by atoms with van der Waals surface area (Å²) in [6.45, 7) is 8.94. The lowest BCUT2D eigenvalue weighted by atomic mass is 9.83. The van der Waals surface area contributed by atoms with Gasteiger partial charge < -0.3 is 4.57 Å². The number of hydrogen-bond donors (Lipinski definition) is 0. The van der Waals surface area contributed by atoms with Crippen LogP contribution in [0.2, 0.25) is 0 Å². The van der Waals surface area contributed by atoms with Gasteiger partial charge in [0, 0.05) is 16.5 Å². The third-order valence-electron chi connectivity index (χ3n) is 10.6. The Morgan fingerprint density at radius 2 is 0.735 bits per heavy atom. The molecule has 49 heavy (non-hydrogen) atoms. The highest BCUT2D eigenvalue weighted by molar-refractivity contribution is 6.22. The average molecular weight is 628 g/mol. The van der Waals surface area contributed by atoms with Gasteiger partial charge in [0.05, 0.1) is 11.0 Å². The van der Waals surface area contributed by atoms with E-state index in [0.29, 0.717) is 0 Å². The molecular formula is C48H37N. The van der Waals surface area contributed by atoms with Crippen LogP contribution < -0.4 is 0 Å². The number of benzene rings is 8. The van der Waals surface area contributed by atoms with Crippen molar-refractivity contribution in [2.75, 3.05) is 0 Å². The van der Waals surface area contributed by atoms with E-state index in [-0.39, 0.29) is 0 Å². The van der Waals surface area contributed by atoms with Gasteiger partial charge in [-0.3, -0.25) is 0 Å². The average Bonchev–Trinajstić information content (AvgIpc) is 3.47. The molecule has 0 amide bonds. The molecule has 0 radical (unpaired) electrons. The van der Waals surface area contributed by atoms with Gasteiger partial charge in [0.25, 0.3) is 0 Å². The maximum absolute atomic E-state index is 2.41. The second kappa shape index (κ2) is 11.4. The minimum atomic E-state index is 1.18. The molecule has 1 aromatic heterocycles. The molecule has 0 fully saturated rings. The van der Waals surface area contributed by atoms with Crippen molar-refractivity contribution in [2.24, 2.45) is 0 Å². The maximum atomic E-state index is 2.41. The minimum Gasteiger partial charge on any atom is -0.309 e. The van der Waals surface area contributed by atoms with E-state index in [1.807, 2.05) is 0 Å².